The number of nitrogens with zero attached hydrogens (tertiary/aromatic N) is 16. The van der Waals surface area contributed by atoms with Gasteiger partial charge in [-0.3, -0.25) is 9.59 Å². The number of carbonyl (C=O) groups is 2. The van der Waals surface area contributed by atoms with Gasteiger partial charge in [-0.05, 0) is 160 Å². The van der Waals surface area contributed by atoms with Crippen LogP contribution in [0.5, 0.6) is 0 Å². The Morgan fingerprint density at radius 3 is 0.971 bits per heavy atom. The smallest absolute Gasteiger partial charge is 0.308 e. The molecule has 3 saturated carbocycles. The van der Waals surface area contributed by atoms with E-state index in [1.807, 2.05) is 104 Å². The number of para-hydroxylation sites is 1. The fourth-order valence-corrected chi connectivity index (χ4v) is 19.6. The van der Waals surface area contributed by atoms with E-state index in [0.29, 0.717) is 54.7 Å². The van der Waals surface area contributed by atoms with Gasteiger partial charge >= 0.3 is 5.97 Å². The second kappa shape index (κ2) is 37.5. The maximum Gasteiger partial charge on any atom is 0.308 e. The third-order valence-electron chi connectivity index (χ3n) is 26.9. The van der Waals surface area contributed by atoms with Crippen molar-refractivity contribution in [2.45, 2.75) is 89.3 Å². The third kappa shape index (κ3) is 17.1. The molecule has 0 saturated heterocycles. The van der Waals surface area contributed by atoms with Gasteiger partial charge in [0.15, 0.2) is 5.65 Å². The molecule has 21 aromatic rings. The number of aromatic nitrogens is 16. The van der Waals surface area contributed by atoms with Crippen molar-refractivity contribution in [1.82, 2.24) is 78.1 Å². The van der Waals surface area contributed by atoms with Crippen LogP contribution in [0.1, 0.15) is 89.3 Å². The minimum Gasteiger partial charge on any atom is -0.466 e. The van der Waals surface area contributed by atoms with Crippen LogP contribution in [0.25, 0.3) is 183 Å². The predicted molar refractivity (Wildman–Crippen MR) is 540 cm³/mol. The number of carbonyl (C=O) groups excluding carboxylic acids is 2. The largest absolute Gasteiger partial charge is 0.466 e. The number of rotatable bonds is 16. The number of benzene rings is 9. The molecule has 0 unspecified atom stereocenters. The quantitative estimate of drug-likeness (QED) is 0.0489. The molecule has 0 radical (unpaired) electrons. The number of ether oxygens (including phenoxy) is 1. The lowest BCUT2D eigenvalue weighted by Crippen LogP contribution is -2.36. The Morgan fingerprint density at radius 1 is 0.338 bits per heavy atom. The molecule has 3 aliphatic carbocycles. The summed E-state index contributed by atoms with van der Waals surface area (Å²) in [5.41, 5.74) is 55.1. The second-order valence-electron chi connectivity index (χ2n) is 35.1. The first-order valence-electron chi connectivity index (χ1n) is 46.1. The van der Waals surface area contributed by atoms with Gasteiger partial charge in [-0.15, -0.1) is 0 Å². The number of nitrogens with two attached hydrogens (primary N) is 5. The summed E-state index contributed by atoms with van der Waals surface area (Å²) in [6, 6.07) is 93.5. The van der Waals surface area contributed by atoms with Gasteiger partial charge < -0.3 is 56.8 Å². The number of esters is 1. The average Bonchev–Trinajstić information content (AvgIpc) is 1.61. The zero-order valence-corrected chi connectivity index (χ0v) is 74.8. The van der Waals surface area contributed by atoms with E-state index in [-0.39, 0.29) is 42.4 Å². The van der Waals surface area contributed by atoms with E-state index in [2.05, 4.69) is 259 Å². The highest BCUT2D eigenvalue weighted by molar-refractivity contribution is 6.07. The molecule has 0 bridgehead atoms. The van der Waals surface area contributed by atoms with Crippen molar-refractivity contribution in [3.05, 3.63) is 323 Å². The van der Waals surface area contributed by atoms with Gasteiger partial charge in [0.2, 0.25) is 5.91 Å². The van der Waals surface area contributed by atoms with Crippen molar-refractivity contribution in [2.24, 2.45) is 23.5 Å². The molecule has 136 heavy (non-hydrogen) atoms. The van der Waals surface area contributed by atoms with Crippen molar-refractivity contribution in [2.75, 3.05) is 36.1 Å². The topological polar surface area (TPSA) is 368 Å². The lowest BCUT2D eigenvalue weighted by molar-refractivity contribution is -0.149. The molecular formula is C111H97N21O4. The number of aliphatic hydroxyl groups excluding tert-OH is 1. The van der Waals surface area contributed by atoms with Crippen LogP contribution >= 0.6 is 0 Å². The number of hydrogen-bond acceptors (Lipinski definition) is 20. The van der Waals surface area contributed by atoms with Crippen molar-refractivity contribution in [3.63, 3.8) is 0 Å². The van der Waals surface area contributed by atoms with Crippen LogP contribution in [0, 0.1) is 17.8 Å². The summed E-state index contributed by atoms with van der Waals surface area (Å²) < 4.78 is 13.9. The molecule has 11 N–H and O–H groups in total. The van der Waals surface area contributed by atoms with Crippen LogP contribution in [-0.2, 0) is 14.3 Å². The first-order valence-corrected chi connectivity index (χ1v) is 46.1. The molecule has 3 aliphatic rings. The van der Waals surface area contributed by atoms with Crippen LogP contribution in [0.4, 0.5) is 23.3 Å². The molecule has 9 aromatic carbocycles. The van der Waals surface area contributed by atoms with Crippen molar-refractivity contribution in [1.29, 1.82) is 0 Å². The minimum absolute atomic E-state index is 0.0254. The predicted octanol–water partition coefficient (Wildman–Crippen LogP) is 22.0. The Bertz CT molecular complexity index is 8030. The fraction of sp³-hybridized carbons (Fsp3) is 0.171. The van der Waals surface area contributed by atoms with E-state index < -0.39 is 0 Å². The van der Waals surface area contributed by atoms with Crippen LogP contribution in [0.3, 0.4) is 0 Å². The molecule has 0 spiro atoms. The number of hydrogen-bond donors (Lipinski definition) is 6. The maximum atomic E-state index is 12.2. The molecule has 670 valence electrons. The summed E-state index contributed by atoms with van der Waals surface area (Å²) in [5, 5.41) is 17.3. The van der Waals surface area contributed by atoms with E-state index in [1.165, 1.54) is 19.0 Å². The second-order valence-corrected chi connectivity index (χ2v) is 35.1. The number of aliphatic hydroxyl groups is 1. The van der Waals surface area contributed by atoms with Gasteiger partial charge in [0.05, 0.1) is 78.9 Å². The maximum absolute atomic E-state index is 12.2. The Morgan fingerprint density at radius 2 is 0.640 bits per heavy atom. The number of amides is 1. The summed E-state index contributed by atoms with van der Waals surface area (Å²) in [7, 11) is 0. The summed E-state index contributed by atoms with van der Waals surface area (Å²) in [4.78, 5) is 78.9. The Balaban J connectivity index is 0.000000109. The molecular weight excluding hydrogens is 1690 g/mol. The molecule has 12 heterocycles. The number of anilines is 4. The lowest BCUT2D eigenvalue weighted by atomic mass is 9.79. The number of nitrogen functional groups attached to an aromatic ring is 4. The first-order chi connectivity index (χ1) is 66.7. The minimum atomic E-state index is -0.244. The average molecular weight is 1790 g/mol. The SMILES string of the molecule is CCOC(=O)C1CCC(n2cc(-c3ccc4ccc(-c5ccccc5)nc4c3)c3c(N)ncnc32)CC1.NC(=O)C1CC(n2cc(-c3ccc4ccc(-c5ccccc5)nc4c3)c3c(N)ncnc32)C1.Nc1ncnc2c1c(-c1ccc3ccc(-c4ccccc4)nc3c1)cn2-c1ccccc1.Nc1ncnc2c1c(-c1ccc3ccc(-c4ccccc4)nc3c1)cn2C1CCC(CO)CC1. The van der Waals surface area contributed by atoms with Crippen molar-refractivity contribution in [3.8, 4) is 95.2 Å². The van der Waals surface area contributed by atoms with Crippen molar-refractivity contribution < 1.29 is 19.4 Å². The molecule has 25 nitrogen and oxygen atoms in total. The lowest BCUT2D eigenvalue weighted by Gasteiger charge is -2.34. The van der Waals surface area contributed by atoms with E-state index in [4.69, 9.17) is 53.3 Å². The van der Waals surface area contributed by atoms with Crippen molar-refractivity contribution >= 4 is 123 Å². The van der Waals surface area contributed by atoms with E-state index >= 15 is 0 Å². The van der Waals surface area contributed by atoms with Crippen LogP contribution in [0.2, 0.25) is 0 Å². The highest BCUT2D eigenvalue weighted by atomic mass is 16.5. The van der Waals surface area contributed by atoms with Gasteiger partial charge in [-0.25, -0.2) is 59.8 Å². The Kier molecular flexibility index (Phi) is 23.7. The van der Waals surface area contributed by atoms with E-state index in [1.54, 1.807) is 6.33 Å². The van der Waals surface area contributed by atoms with Gasteiger partial charge in [0.1, 0.15) is 65.5 Å². The monoisotopic (exact) mass is 1790 g/mol. The summed E-state index contributed by atoms with van der Waals surface area (Å²) >= 11 is 0. The molecule has 25 heteroatoms. The molecule has 0 atom stereocenters. The molecule has 3 fully saturated rings. The first kappa shape index (κ1) is 85.9. The normalized spacial score (nSPS) is 16.4. The fourth-order valence-electron chi connectivity index (χ4n) is 19.6. The number of fused-ring (bicyclic) bond motifs is 8. The Labute approximate surface area is 782 Å². The molecule has 12 aromatic heterocycles. The summed E-state index contributed by atoms with van der Waals surface area (Å²) in [6.07, 6.45) is 23.4. The van der Waals surface area contributed by atoms with E-state index in [0.717, 1.165) is 234 Å². The van der Waals surface area contributed by atoms with Gasteiger partial charge in [0, 0.05) is 127 Å². The molecule has 1 amide bonds. The number of primary amides is 1. The number of pyridine rings is 4. The zero-order valence-electron chi connectivity index (χ0n) is 74.8. The van der Waals surface area contributed by atoms with Gasteiger partial charge in [0.25, 0.3) is 0 Å². The highest BCUT2D eigenvalue weighted by Crippen LogP contribution is 2.47. The van der Waals surface area contributed by atoms with Gasteiger partial charge in [-0.1, -0.05) is 212 Å². The molecule has 24 rings (SSSR count). The standard InChI is InChI=1S/C30H29N5O2.C28H27N5O.C27H19N5.C26H22N6O/c1-2-37-30(36)21-10-13-23(14-11-21)35-17-24(27-28(31)32-18-33-29(27)35)22-9-8-20-12-15-25(34-26(20)16-22)19-6-4-3-5-7-19;29-27-26-23(15-33(28(26)31-17-30-27)22-11-6-18(16-34)7-12-22)21-9-8-20-10-13-24(32-25(20)14-21)19-4-2-1-3-5-19;28-26-25-22(16-32(27(25)30-17-29-26)21-9-5-2-6-10-21)20-12-11-19-13-14-23(31-24(19)15-20)18-7-3-1-4-8-18;27-24-23-20(13-32(26(23)30-14-29-24)19-10-18(11-19)25(28)33)17-7-6-16-8-9-21(31-22(16)12-17)15-4-2-1-3-5-15/h3-9,12,15-18,21,23H,2,10-11,13-14H2,1H3,(H2,31,32,33);1-5,8-10,13-15,17-18,22,34H,6-7,11-12,16H2,(H2,29,30,31);1-17H,(H2,28,29,30);1-9,12-14,18-19H,10-11H2,(H2,28,33)(H2,27,29,30). The molecule has 0 aliphatic heterocycles. The van der Waals surface area contributed by atoms with Crippen LogP contribution in [-0.4, -0.2) is 108 Å². The summed E-state index contributed by atoms with van der Waals surface area (Å²) in [6.45, 7) is 2.55. The summed E-state index contributed by atoms with van der Waals surface area (Å²) in [5.74, 6) is 1.83. The van der Waals surface area contributed by atoms with Crippen LogP contribution in [0.15, 0.2) is 323 Å². The zero-order chi connectivity index (χ0) is 92.4. The third-order valence-corrected chi connectivity index (χ3v) is 26.9. The van der Waals surface area contributed by atoms with E-state index in [9.17, 15) is 14.7 Å². The Hall–Kier alpha value is -16.8. The van der Waals surface area contributed by atoms with Gasteiger partial charge in [-0.2, -0.15) is 0 Å². The van der Waals surface area contributed by atoms with Crippen LogP contribution < -0.4 is 28.7 Å². The highest BCUT2D eigenvalue weighted by Gasteiger charge is 2.37.